The number of nitrogens with one attached hydrogen (secondary N) is 3. The molecule has 0 spiro atoms. The van der Waals surface area contributed by atoms with Crippen LogP contribution in [-0.2, 0) is 0 Å². The first-order valence-corrected chi connectivity index (χ1v) is 9.25. The third-order valence-corrected chi connectivity index (χ3v) is 4.46. The molecule has 5 N–H and O–H groups in total. The number of rotatable bonds is 4. The van der Waals surface area contributed by atoms with Crippen molar-refractivity contribution in [2.75, 3.05) is 21.7 Å². The van der Waals surface area contributed by atoms with Crippen molar-refractivity contribution in [2.45, 2.75) is 6.92 Å². The number of carbonyl (C=O) groups excluding carboxylic acids is 2. The van der Waals surface area contributed by atoms with Crippen LogP contribution in [0.3, 0.4) is 0 Å². The van der Waals surface area contributed by atoms with Crippen molar-refractivity contribution in [3.8, 4) is 0 Å². The summed E-state index contributed by atoms with van der Waals surface area (Å²) in [6.45, 7) is 1.76. The fraction of sp³-hybridized carbons (Fsp3) is 0.0476. The number of nitrogen functional groups attached to an aromatic ring is 1. The van der Waals surface area contributed by atoms with E-state index >= 15 is 0 Å². The van der Waals surface area contributed by atoms with Gasteiger partial charge in [0.25, 0.3) is 5.91 Å². The molecule has 0 saturated carbocycles. The van der Waals surface area contributed by atoms with E-state index in [-0.39, 0.29) is 11.5 Å². The van der Waals surface area contributed by atoms with E-state index in [4.69, 9.17) is 5.73 Å². The molecular formula is C21H18FN7O2. The molecule has 9 nitrogen and oxygen atoms in total. The predicted octanol–water partition coefficient (Wildman–Crippen LogP) is 3.66. The number of fused-ring (bicyclic) bond motifs is 1. The number of hydrogen-bond acceptors (Lipinski definition) is 5. The topological polar surface area (TPSA) is 126 Å². The third-order valence-electron chi connectivity index (χ3n) is 4.46. The maximum Gasteiger partial charge on any atom is 0.323 e. The van der Waals surface area contributed by atoms with Crippen molar-refractivity contribution >= 4 is 40.3 Å². The number of aryl methyl sites for hydroxylation is 1. The second kappa shape index (κ2) is 8.11. The van der Waals surface area contributed by atoms with Gasteiger partial charge in [-0.1, -0.05) is 6.07 Å². The Morgan fingerprint density at radius 1 is 1.00 bits per heavy atom. The molecule has 3 amide bonds. The fourth-order valence-corrected chi connectivity index (χ4v) is 3.06. The lowest BCUT2D eigenvalue weighted by Gasteiger charge is -2.09. The number of amides is 3. The Morgan fingerprint density at radius 3 is 2.39 bits per heavy atom. The Balaban J connectivity index is 1.43. The maximum atomic E-state index is 13.2. The molecular weight excluding hydrogens is 401 g/mol. The van der Waals surface area contributed by atoms with Crippen LogP contribution in [0.2, 0.25) is 0 Å². The van der Waals surface area contributed by atoms with Crippen molar-refractivity contribution in [1.29, 1.82) is 0 Å². The lowest BCUT2D eigenvalue weighted by molar-refractivity contribution is 0.102. The lowest BCUT2D eigenvalue weighted by Crippen LogP contribution is -2.19. The first-order valence-electron chi connectivity index (χ1n) is 9.25. The molecule has 0 fully saturated rings. The highest BCUT2D eigenvalue weighted by Gasteiger charge is 2.18. The van der Waals surface area contributed by atoms with Crippen molar-refractivity contribution in [3.63, 3.8) is 0 Å². The average Bonchev–Trinajstić information content (AvgIpc) is 3.08. The van der Waals surface area contributed by atoms with Gasteiger partial charge < -0.3 is 21.7 Å². The van der Waals surface area contributed by atoms with Gasteiger partial charge in [-0.25, -0.2) is 19.2 Å². The molecule has 10 heteroatoms. The second-order valence-electron chi connectivity index (χ2n) is 6.66. The quantitative estimate of drug-likeness (QED) is 0.402. The zero-order chi connectivity index (χ0) is 22.0. The van der Waals surface area contributed by atoms with Gasteiger partial charge in [-0.2, -0.15) is 0 Å². The van der Waals surface area contributed by atoms with E-state index in [0.29, 0.717) is 28.4 Å². The third kappa shape index (κ3) is 4.27. The summed E-state index contributed by atoms with van der Waals surface area (Å²) in [7, 11) is 0. The largest absolute Gasteiger partial charge is 0.382 e. The highest BCUT2D eigenvalue weighted by molar-refractivity contribution is 6.09. The number of carbonyl (C=O) groups is 2. The molecule has 0 unspecified atom stereocenters. The molecule has 2 aromatic carbocycles. The lowest BCUT2D eigenvalue weighted by atomic mass is 10.2. The molecule has 156 valence electrons. The van der Waals surface area contributed by atoms with E-state index in [2.05, 4.69) is 25.9 Å². The van der Waals surface area contributed by atoms with Crippen LogP contribution in [-0.4, -0.2) is 26.3 Å². The van der Waals surface area contributed by atoms with Gasteiger partial charge in [0.1, 0.15) is 23.0 Å². The Labute approximate surface area is 176 Å². The monoisotopic (exact) mass is 419 g/mol. The smallest absolute Gasteiger partial charge is 0.323 e. The van der Waals surface area contributed by atoms with Gasteiger partial charge in [0.05, 0.1) is 0 Å². The van der Waals surface area contributed by atoms with Gasteiger partial charge in [-0.05, 0) is 49.4 Å². The van der Waals surface area contributed by atoms with Crippen LogP contribution in [0, 0.1) is 12.7 Å². The van der Waals surface area contributed by atoms with E-state index in [0.717, 1.165) is 0 Å². The Hall–Kier alpha value is -4.47. The minimum Gasteiger partial charge on any atom is -0.382 e. The summed E-state index contributed by atoms with van der Waals surface area (Å²) in [5.41, 5.74) is 7.84. The molecule has 31 heavy (non-hydrogen) atoms. The van der Waals surface area contributed by atoms with E-state index < -0.39 is 17.8 Å². The number of benzene rings is 2. The van der Waals surface area contributed by atoms with Crippen LogP contribution in [0.1, 0.15) is 16.3 Å². The van der Waals surface area contributed by atoms with Gasteiger partial charge in [0, 0.05) is 29.5 Å². The van der Waals surface area contributed by atoms with E-state index in [1.165, 1.54) is 24.4 Å². The highest BCUT2D eigenvalue weighted by atomic mass is 19.1. The average molecular weight is 419 g/mol. The standard InChI is InChI=1S/C21H18FN7O2/c1-12-25-17(18-19(23)24-9-10-29(12)18)20(30)26-14-5-7-15(8-6-14)27-21(31)28-16-4-2-3-13(22)11-16/h2-11H,1H3,(H2,23,24)(H,26,30)(H2,27,28,31). The number of nitrogens with two attached hydrogens (primary N) is 1. The first-order chi connectivity index (χ1) is 14.9. The van der Waals surface area contributed by atoms with E-state index in [1.807, 2.05) is 0 Å². The van der Waals surface area contributed by atoms with Crippen molar-refractivity contribution in [3.05, 3.63) is 78.3 Å². The molecule has 0 radical (unpaired) electrons. The minimum absolute atomic E-state index is 0.166. The van der Waals surface area contributed by atoms with Crippen LogP contribution in [0.4, 0.5) is 32.1 Å². The highest BCUT2D eigenvalue weighted by Crippen LogP contribution is 2.20. The normalized spacial score (nSPS) is 10.6. The molecule has 0 aliphatic heterocycles. The summed E-state index contributed by atoms with van der Waals surface area (Å²) in [5, 5.41) is 7.92. The Bertz CT molecular complexity index is 1280. The SMILES string of the molecule is Cc1nc(C(=O)Nc2ccc(NC(=O)Nc3cccc(F)c3)cc2)c2c(N)nccn12. The summed E-state index contributed by atoms with van der Waals surface area (Å²) in [5.74, 6) is -0.0683. The molecule has 0 saturated heterocycles. The zero-order valence-corrected chi connectivity index (χ0v) is 16.4. The fourth-order valence-electron chi connectivity index (χ4n) is 3.06. The summed E-state index contributed by atoms with van der Waals surface area (Å²) < 4.78 is 14.9. The molecule has 0 aliphatic rings. The molecule has 2 heterocycles. The molecule has 0 atom stereocenters. The molecule has 0 aliphatic carbocycles. The van der Waals surface area contributed by atoms with Crippen molar-refractivity contribution in [2.24, 2.45) is 0 Å². The van der Waals surface area contributed by atoms with Gasteiger partial charge in [-0.3, -0.25) is 9.20 Å². The van der Waals surface area contributed by atoms with Crippen LogP contribution >= 0.6 is 0 Å². The number of hydrogen-bond donors (Lipinski definition) is 4. The van der Waals surface area contributed by atoms with Gasteiger partial charge in [0.15, 0.2) is 5.69 Å². The van der Waals surface area contributed by atoms with Crippen molar-refractivity contribution in [1.82, 2.24) is 14.4 Å². The molecule has 4 rings (SSSR count). The van der Waals surface area contributed by atoms with Crippen LogP contribution in [0.5, 0.6) is 0 Å². The molecule has 0 bridgehead atoms. The van der Waals surface area contributed by atoms with Crippen LogP contribution in [0.15, 0.2) is 60.9 Å². The van der Waals surface area contributed by atoms with Gasteiger partial charge in [-0.15, -0.1) is 0 Å². The predicted molar refractivity (Wildman–Crippen MR) is 116 cm³/mol. The number of anilines is 4. The molecule has 2 aromatic heterocycles. The van der Waals surface area contributed by atoms with Gasteiger partial charge >= 0.3 is 6.03 Å². The maximum absolute atomic E-state index is 13.2. The number of nitrogens with zero attached hydrogens (tertiary/aromatic N) is 3. The van der Waals surface area contributed by atoms with E-state index in [1.54, 1.807) is 47.9 Å². The molecule has 4 aromatic rings. The van der Waals surface area contributed by atoms with Crippen LogP contribution < -0.4 is 21.7 Å². The number of aromatic nitrogens is 3. The summed E-state index contributed by atoms with van der Waals surface area (Å²) in [6, 6.07) is 11.5. The summed E-state index contributed by atoms with van der Waals surface area (Å²) >= 11 is 0. The van der Waals surface area contributed by atoms with Crippen LogP contribution in [0.25, 0.3) is 5.52 Å². The van der Waals surface area contributed by atoms with E-state index in [9.17, 15) is 14.0 Å². The number of urea groups is 1. The zero-order valence-electron chi connectivity index (χ0n) is 16.4. The number of imidazole rings is 1. The number of halogens is 1. The second-order valence-corrected chi connectivity index (χ2v) is 6.66. The summed E-state index contributed by atoms with van der Waals surface area (Å²) in [4.78, 5) is 33.1. The summed E-state index contributed by atoms with van der Waals surface area (Å²) in [6.07, 6.45) is 3.22. The minimum atomic E-state index is -0.523. The Morgan fingerprint density at radius 2 is 1.68 bits per heavy atom. The van der Waals surface area contributed by atoms with Gasteiger partial charge in [0.2, 0.25) is 0 Å². The Kier molecular flexibility index (Phi) is 5.19. The first kappa shape index (κ1) is 19.8. The van der Waals surface area contributed by atoms with Crippen molar-refractivity contribution < 1.29 is 14.0 Å².